The van der Waals surface area contributed by atoms with Crippen LogP contribution < -0.4 is 10.1 Å². The van der Waals surface area contributed by atoms with Crippen LogP contribution in [0, 0.1) is 5.82 Å². The molecule has 2 aliphatic rings. The van der Waals surface area contributed by atoms with E-state index >= 15 is 0 Å². The number of nitrogens with zero attached hydrogens (tertiary/aromatic N) is 4. The average Bonchev–Trinajstić information content (AvgIpc) is 3.66. The fourth-order valence-electron chi connectivity index (χ4n) is 5.84. The molecule has 0 spiro atoms. The highest BCUT2D eigenvalue weighted by Gasteiger charge is 2.29. The zero-order chi connectivity index (χ0) is 29.3. The first-order valence-electron chi connectivity index (χ1n) is 14.7. The van der Waals surface area contributed by atoms with Gasteiger partial charge in [0.05, 0.1) is 51.0 Å². The highest BCUT2D eigenvalue weighted by Crippen LogP contribution is 2.46. The number of ether oxygens (including phenoxy) is 1. The summed E-state index contributed by atoms with van der Waals surface area (Å²) >= 11 is 11.6. The maximum Gasteiger partial charge on any atom is 0.163 e. The van der Waals surface area contributed by atoms with Crippen LogP contribution in [-0.2, 0) is 12.3 Å². The van der Waals surface area contributed by atoms with Gasteiger partial charge >= 0.3 is 0 Å². The predicted molar refractivity (Wildman–Crippen MR) is 175 cm³/mol. The Kier molecular flexibility index (Phi) is 8.53. The van der Waals surface area contributed by atoms with Gasteiger partial charge < -0.3 is 19.0 Å². The van der Waals surface area contributed by atoms with Crippen molar-refractivity contribution in [3.63, 3.8) is 0 Å². The standard InChI is InChI=1S/C32H32BrClFN5O2S/c33-25-16-28-24(15-30(25)41-12-13-43-19-23-8-7-22(42-23)18-39-10-2-1-3-11-39)31-29(40(28)21-5-6-21)17-36-38-32(31)37-20-4-9-27(35)26(34)14-20/h4,7-9,14-17,21H,1-3,5-6,10-13,18-19H2,(H,37,38). The largest absolute Gasteiger partial charge is 0.492 e. The first kappa shape index (κ1) is 29.0. The van der Waals surface area contributed by atoms with Gasteiger partial charge in [0.25, 0.3) is 0 Å². The van der Waals surface area contributed by atoms with Crippen molar-refractivity contribution in [2.45, 2.75) is 50.4 Å². The summed E-state index contributed by atoms with van der Waals surface area (Å²) in [5, 5.41) is 14.0. The fraction of sp³-hybridized carbons (Fsp3) is 0.375. The van der Waals surface area contributed by atoms with Gasteiger partial charge in [-0.05, 0) is 97.2 Å². The average molecular weight is 685 g/mol. The van der Waals surface area contributed by atoms with Crippen LogP contribution in [-0.4, -0.2) is 45.1 Å². The van der Waals surface area contributed by atoms with Crippen molar-refractivity contribution in [3.05, 3.63) is 75.5 Å². The number of fused-ring (bicyclic) bond motifs is 3. The lowest BCUT2D eigenvalue weighted by Gasteiger charge is -2.25. The zero-order valence-corrected chi connectivity index (χ0v) is 26.8. The van der Waals surface area contributed by atoms with Crippen LogP contribution in [0.2, 0.25) is 5.02 Å². The van der Waals surface area contributed by atoms with E-state index < -0.39 is 5.82 Å². The Bertz CT molecular complexity index is 1770. The van der Waals surface area contributed by atoms with Crippen LogP contribution in [0.3, 0.4) is 0 Å². The number of likely N-dealkylation sites (tertiary alicyclic amines) is 1. The number of benzene rings is 2. The summed E-state index contributed by atoms with van der Waals surface area (Å²) in [7, 11) is 0. The highest BCUT2D eigenvalue weighted by atomic mass is 79.9. The van der Waals surface area contributed by atoms with Gasteiger partial charge in [-0.15, -0.1) is 5.10 Å². The molecule has 0 atom stereocenters. The first-order valence-corrected chi connectivity index (χ1v) is 17.1. The quantitative estimate of drug-likeness (QED) is 0.139. The van der Waals surface area contributed by atoms with Gasteiger partial charge in [0, 0.05) is 22.9 Å². The highest BCUT2D eigenvalue weighted by molar-refractivity contribution is 9.10. The number of piperidine rings is 1. The molecule has 5 aromatic rings. The van der Waals surface area contributed by atoms with E-state index in [-0.39, 0.29) is 5.02 Å². The van der Waals surface area contributed by atoms with Gasteiger partial charge in [0.15, 0.2) is 5.82 Å². The van der Waals surface area contributed by atoms with Gasteiger partial charge in [-0.25, -0.2) is 4.39 Å². The molecule has 2 fully saturated rings. The van der Waals surface area contributed by atoms with Crippen LogP contribution in [0.4, 0.5) is 15.9 Å². The number of hydrogen-bond acceptors (Lipinski definition) is 7. The molecular weight excluding hydrogens is 653 g/mol. The van der Waals surface area contributed by atoms with Crippen LogP contribution in [0.25, 0.3) is 21.8 Å². The number of anilines is 2. The van der Waals surface area contributed by atoms with Crippen LogP contribution in [0.5, 0.6) is 5.75 Å². The zero-order valence-electron chi connectivity index (χ0n) is 23.6. The fourth-order valence-corrected chi connectivity index (χ4v) is 7.17. The number of thioether (sulfide) groups is 1. The van der Waals surface area contributed by atoms with E-state index in [1.54, 1.807) is 23.9 Å². The predicted octanol–water partition coefficient (Wildman–Crippen LogP) is 9.11. The summed E-state index contributed by atoms with van der Waals surface area (Å²) in [6.07, 6.45) is 7.97. The minimum absolute atomic E-state index is 0.0490. The maximum absolute atomic E-state index is 13.8. The molecule has 1 saturated carbocycles. The Morgan fingerprint density at radius 3 is 2.72 bits per heavy atom. The first-order chi connectivity index (χ1) is 21.0. The Morgan fingerprint density at radius 2 is 1.91 bits per heavy atom. The second-order valence-electron chi connectivity index (χ2n) is 11.2. The molecule has 7 nitrogen and oxygen atoms in total. The lowest BCUT2D eigenvalue weighted by Crippen LogP contribution is -2.28. The lowest BCUT2D eigenvalue weighted by atomic mass is 10.1. The summed E-state index contributed by atoms with van der Waals surface area (Å²) in [5.41, 5.74) is 2.74. The third-order valence-corrected chi connectivity index (χ3v) is 9.89. The van der Waals surface area contributed by atoms with Gasteiger partial charge in [0.2, 0.25) is 0 Å². The van der Waals surface area contributed by atoms with Crippen molar-refractivity contribution in [3.8, 4) is 5.75 Å². The van der Waals surface area contributed by atoms with E-state index in [1.807, 2.05) is 6.20 Å². The summed E-state index contributed by atoms with van der Waals surface area (Å²) in [4.78, 5) is 2.48. The van der Waals surface area contributed by atoms with Crippen molar-refractivity contribution in [1.29, 1.82) is 0 Å². The molecule has 0 bridgehead atoms. The van der Waals surface area contributed by atoms with E-state index in [9.17, 15) is 4.39 Å². The molecule has 11 heteroatoms. The smallest absolute Gasteiger partial charge is 0.163 e. The third-order valence-electron chi connectivity index (χ3n) is 8.04. The Hall–Kier alpha value is -2.79. The lowest BCUT2D eigenvalue weighted by molar-refractivity contribution is 0.204. The van der Waals surface area contributed by atoms with Gasteiger partial charge in [0.1, 0.15) is 23.1 Å². The van der Waals surface area contributed by atoms with Crippen molar-refractivity contribution >= 4 is 72.6 Å². The SMILES string of the molecule is Fc1ccc(Nc2nncc3c2c2cc(OCCSCc4ccc(CN5CCCCC5)o4)c(Br)cc2n3C2CC2)cc1Cl. The van der Waals surface area contributed by atoms with Crippen LogP contribution in [0.15, 0.2) is 57.6 Å². The molecule has 0 amide bonds. The molecule has 224 valence electrons. The molecule has 3 aromatic heterocycles. The number of aromatic nitrogens is 3. The molecular formula is C32H32BrClFN5O2S. The second kappa shape index (κ2) is 12.7. The van der Waals surface area contributed by atoms with E-state index in [0.717, 1.165) is 74.4 Å². The molecule has 2 aromatic carbocycles. The number of hydrogen-bond donors (Lipinski definition) is 1. The molecule has 4 heterocycles. The van der Waals surface area contributed by atoms with Gasteiger partial charge in [-0.3, -0.25) is 4.90 Å². The van der Waals surface area contributed by atoms with E-state index in [1.165, 1.54) is 38.4 Å². The number of furan rings is 1. The van der Waals surface area contributed by atoms with Crippen molar-refractivity contribution in [1.82, 2.24) is 19.7 Å². The molecule has 43 heavy (non-hydrogen) atoms. The maximum atomic E-state index is 13.8. The van der Waals surface area contributed by atoms with Crippen LogP contribution >= 0.6 is 39.3 Å². The molecule has 0 radical (unpaired) electrons. The number of nitrogens with one attached hydrogen (secondary N) is 1. The monoisotopic (exact) mass is 683 g/mol. The second-order valence-corrected chi connectivity index (χ2v) is 13.6. The summed E-state index contributed by atoms with van der Waals surface area (Å²) in [6.45, 7) is 3.80. The summed E-state index contributed by atoms with van der Waals surface area (Å²) < 4.78 is 29.4. The molecule has 1 aliphatic heterocycles. The Balaban J connectivity index is 1.06. The van der Waals surface area contributed by atoms with Crippen molar-refractivity contribution in [2.24, 2.45) is 0 Å². The number of rotatable bonds is 11. The van der Waals surface area contributed by atoms with Crippen molar-refractivity contribution < 1.29 is 13.5 Å². The molecule has 0 unspecified atom stereocenters. The Morgan fingerprint density at radius 1 is 1.07 bits per heavy atom. The van der Waals surface area contributed by atoms with Gasteiger partial charge in [-0.1, -0.05) is 18.0 Å². The molecule has 7 rings (SSSR count). The molecule has 1 saturated heterocycles. The topological polar surface area (TPSA) is 68.4 Å². The molecule has 1 aliphatic carbocycles. The minimum Gasteiger partial charge on any atom is -0.492 e. The van der Waals surface area contributed by atoms with Crippen molar-refractivity contribution in [2.75, 3.05) is 30.8 Å². The number of halogens is 3. The Labute approximate surface area is 267 Å². The summed E-state index contributed by atoms with van der Waals surface area (Å²) in [6, 6.07) is 13.4. The van der Waals surface area contributed by atoms with E-state index in [2.05, 4.69) is 65.2 Å². The normalized spacial score (nSPS) is 15.9. The minimum atomic E-state index is -0.464. The van der Waals surface area contributed by atoms with Gasteiger partial charge in [-0.2, -0.15) is 16.9 Å². The van der Waals surface area contributed by atoms with E-state index in [0.29, 0.717) is 24.2 Å². The van der Waals surface area contributed by atoms with E-state index in [4.69, 9.17) is 20.8 Å². The summed E-state index contributed by atoms with van der Waals surface area (Å²) in [5.74, 6) is 4.62. The molecule has 1 N–H and O–H groups in total. The van der Waals surface area contributed by atoms with Crippen LogP contribution in [0.1, 0.15) is 49.7 Å². The third kappa shape index (κ3) is 6.38.